The van der Waals surface area contributed by atoms with Gasteiger partial charge in [0.15, 0.2) is 0 Å². The lowest BCUT2D eigenvalue weighted by Crippen LogP contribution is -2.12. The summed E-state index contributed by atoms with van der Waals surface area (Å²) in [5, 5.41) is 3.45. The van der Waals surface area contributed by atoms with E-state index in [9.17, 15) is 4.79 Å². The molecule has 0 saturated carbocycles. The van der Waals surface area contributed by atoms with Gasteiger partial charge in [-0.05, 0) is 25.1 Å². The normalized spacial score (nSPS) is 10.4. The monoisotopic (exact) mass is 283 g/mol. The van der Waals surface area contributed by atoms with Gasteiger partial charge in [-0.3, -0.25) is 5.32 Å². The van der Waals surface area contributed by atoms with Crippen LogP contribution in [0, 0.1) is 0 Å². The Morgan fingerprint density at radius 2 is 2.38 bits per heavy atom. The second kappa shape index (κ2) is 4.57. The summed E-state index contributed by atoms with van der Waals surface area (Å²) in [6, 6.07) is 5.58. The molecular formula is C11H10BrNO3. The van der Waals surface area contributed by atoms with Crippen molar-refractivity contribution in [3.05, 3.63) is 28.9 Å². The highest BCUT2D eigenvalue weighted by molar-refractivity contribution is 9.10. The van der Waals surface area contributed by atoms with Gasteiger partial charge < -0.3 is 9.15 Å². The van der Waals surface area contributed by atoms with E-state index in [1.54, 1.807) is 6.92 Å². The van der Waals surface area contributed by atoms with E-state index in [1.165, 1.54) is 6.26 Å². The second-order valence-corrected chi connectivity index (χ2v) is 4.05. The Balaban J connectivity index is 2.30. The highest BCUT2D eigenvalue weighted by atomic mass is 79.9. The fraction of sp³-hybridized carbons (Fsp3) is 0.182. The molecule has 16 heavy (non-hydrogen) atoms. The SMILES string of the molecule is CCOC(=O)Nc1coc2ccc(Br)cc12. The first-order valence-electron chi connectivity index (χ1n) is 4.81. The number of rotatable bonds is 2. The van der Waals surface area contributed by atoms with Crippen molar-refractivity contribution < 1.29 is 13.9 Å². The molecule has 0 aliphatic carbocycles. The van der Waals surface area contributed by atoms with Crippen LogP contribution in [-0.4, -0.2) is 12.7 Å². The zero-order valence-electron chi connectivity index (χ0n) is 8.62. The Morgan fingerprint density at radius 1 is 1.56 bits per heavy atom. The molecule has 5 heteroatoms. The van der Waals surface area contributed by atoms with E-state index in [1.807, 2.05) is 18.2 Å². The molecule has 0 bridgehead atoms. The first-order chi connectivity index (χ1) is 7.70. The Kier molecular flexibility index (Phi) is 3.14. The number of hydrogen-bond acceptors (Lipinski definition) is 3. The van der Waals surface area contributed by atoms with Gasteiger partial charge in [-0.1, -0.05) is 15.9 Å². The minimum atomic E-state index is -0.481. The molecule has 1 N–H and O–H groups in total. The molecule has 0 spiro atoms. The number of carbonyl (C=O) groups is 1. The van der Waals surface area contributed by atoms with Crippen molar-refractivity contribution >= 4 is 38.7 Å². The van der Waals surface area contributed by atoms with Gasteiger partial charge >= 0.3 is 6.09 Å². The van der Waals surface area contributed by atoms with Gasteiger partial charge in [0, 0.05) is 9.86 Å². The second-order valence-electron chi connectivity index (χ2n) is 3.14. The van der Waals surface area contributed by atoms with E-state index >= 15 is 0 Å². The number of carbonyl (C=O) groups excluding carboxylic acids is 1. The lowest BCUT2D eigenvalue weighted by atomic mass is 10.2. The predicted octanol–water partition coefficient (Wildman–Crippen LogP) is 3.76. The molecule has 0 fully saturated rings. The standard InChI is InChI=1S/C11H10BrNO3/c1-2-15-11(14)13-9-6-16-10-4-3-7(12)5-8(9)10/h3-6H,2H2,1H3,(H,13,14). The first-order valence-corrected chi connectivity index (χ1v) is 5.60. The summed E-state index contributed by atoms with van der Waals surface area (Å²) in [5.41, 5.74) is 1.32. The molecule has 2 rings (SSSR count). The number of fused-ring (bicyclic) bond motifs is 1. The van der Waals surface area contributed by atoms with Crippen molar-refractivity contribution in [2.24, 2.45) is 0 Å². The number of benzene rings is 1. The number of anilines is 1. The summed E-state index contributed by atoms with van der Waals surface area (Å²) in [5.74, 6) is 0. The van der Waals surface area contributed by atoms with Crippen LogP contribution >= 0.6 is 15.9 Å². The van der Waals surface area contributed by atoms with Crippen LogP contribution in [0.15, 0.2) is 33.4 Å². The third kappa shape index (κ3) is 2.19. The Labute approximate surface area is 101 Å². The van der Waals surface area contributed by atoms with E-state index < -0.39 is 6.09 Å². The van der Waals surface area contributed by atoms with Gasteiger partial charge in [0.1, 0.15) is 11.8 Å². The number of amides is 1. The van der Waals surface area contributed by atoms with E-state index in [0.717, 1.165) is 15.4 Å². The third-order valence-electron chi connectivity index (χ3n) is 2.05. The Bertz CT molecular complexity index is 521. The number of hydrogen-bond donors (Lipinski definition) is 1. The van der Waals surface area contributed by atoms with Crippen molar-refractivity contribution in [2.75, 3.05) is 11.9 Å². The maximum absolute atomic E-state index is 11.3. The average Bonchev–Trinajstić information content (AvgIpc) is 2.61. The van der Waals surface area contributed by atoms with Gasteiger partial charge in [0.05, 0.1) is 12.3 Å². The highest BCUT2D eigenvalue weighted by Crippen LogP contribution is 2.28. The zero-order chi connectivity index (χ0) is 11.5. The largest absolute Gasteiger partial charge is 0.462 e. The number of halogens is 1. The van der Waals surface area contributed by atoms with Crippen molar-refractivity contribution in [2.45, 2.75) is 6.92 Å². The number of furan rings is 1. The van der Waals surface area contributed by atoms with E-state index in [0.29, 0.717) is 12.3 Å². The minimum Gasteiger partial charge on any atom is -0.462 e. The van der Waals surface area contributed by atoms with Gasteiger partial charge in [-0.25, -0.2) is 4.79 Å². The molecule has 2 aromatic rings. The van der Waals surface area contributed by atoms with Crippen LogP contribution < -0.4 is 5.32 Å². The topological polar surface area (TPSA) is 51.5 Å². The van der Waals surface area contributed by atoms with Crippen LogP contribution in [0.4, 0.5) is 10.5 Å². The molecule has 1 heterocycles. The predicted molar refractivity (Wildman–Crippen MR) is 64.6 cm³/mol. The summed E-state index contributed by atoms with van der Waals surface area (Å²) in [6.45, 7) is 2.09. The molecule has 0 unspecified atom stereocenters. The molecule has 1 aromatic carbocycles. The van der Waals surface area contributed by atoms with Gasteiger partial charge in [0.2, 0.25) is 0 Å². The molecule has 0 radical (unpaired) electrons. The maximum atomic E-state index is 11.3. The van der Waals surface area contributed by atoms with Crippen LogP contribution in [0.1, 0.15) is 6.92 Å². The fourth-order valence-corrected chi connectivity index (χ4v) is 1.74. The fourth-order valence-electron chi connectivity index (χ4n) is 1.38. The molecule has 0 saturated heterocycles. The molecule has 0 aliphatic rings. The smallest absolute Gasteiger partial charge is 0.411 e. The van der Waals surface area contributed by atoms with Crippen LogP contribution in [0.25, 0.3) is 11.0 Å². The maximum Gasteiger partial charge on any atom is 0.411 e. The summed E-state index contributed by atoms with van der Waals surface area (Å²) >= 11 is 3.36. The van der Waals surface area contributed by atoms with Crippen LogP contribution in [-0.2, 0) is 4.74 Å². The molecule has 1 aromatic heterocycles. The summed E-state index contributed by atoms with van der Waals surface area (Å²) in [7, 11) is 0. The quantitative estimate of drug-likeness (QED) is 0.913. The molecule has 84 valence electrons. The van der Waals surface area contributed by atoms with Gasteiger partial charge in [0.25, 0.3) is 0 Å². The third-order valence-corrected chi connectivity index (χ3v) is 2.54. The summed E-state index contributed by atoms with van der Waals surface area (Å²) in [4.78, 5) is 11.3. The van der Waals surface area contributed by atoms with E-state index in [2.05, 4.69) is 21.2 Å². The summed E-state index contributed by atoms with van der Waals surface area (Å²) in [6.07, 6.45) is 1.01. The lowest BCUT2D eigenvalue weighted by molar-refractivity contribution is 0.168. The first kappa shape index (κ1) is 11.0. The van der Waals surface area contributed by atoms with E-state index in [-0.39, 0.29) is 0 Å². The minimum absolute atomic E-state index is 0.339. The number of ether oxygens (including phenoxy) is 1. The van der Waals surface area contributed by atoms with Crippen LogP contribution in [0.2, 0.25) is 0 Å². The van der Waals surface area contributed by atoms with Gasteiger partial charge in [-0.15, -0.1) is 0 Å². The molecule has 0 aliphatic heterocycles. The van der Waals surface area contributed by atoms with Crippen molar-refractivity contribution in [1.29, 1.82) is 0 Å². The molecular weight excluding hydrogens is 274 g/mol. The number of nitrogens with one attached hydrogen (secondary N) is 1. The van der Waals surface area contributed by atoms with Crippen LogP contribution in [0.5, 0.6) is 0 Å². The van der Waals surface area contributed by atoms with Crippen molar-refractivity contribution in [1.82, 2.24) is 0 Å². The Morgan fingerprint density at radius 3 is 3.12 bits per heavy atom. The summed E-state index contributed by atoms with van der Waals surface area (Å²) < 4.78 is 11.0. The Hall–Kier alpha value is -1.49. The van der Waals surface area contributed by atoms with Crippen molar-refractivity contribution in [3.63, 3.8) is 0 Å². The van der Waals surface area contributed by atoms with E-state index in [4.69, 9.17) is 9.15 Å². The highest BCUT2D eigenvalue weighted by Gasteiger charge is 2.09. The molecule has 0 atom stereocenters. The molecule has 4 nitrogen and oxygen atoms in total. The van der Waals surface area contributed by atoms with Crippen LogP contribution in [0.3, 0.4) is 0 Å². The average molecular weight is 284 g/mol. The van der Waals surface area contributed by atoms with Crippen molar-refractivity contribution in [3.8, 4) is 0 Å². The van der Waals surface area contributed by atoms with Gasteiger partial charge in [-0.2, -0.15) is 0 Å². The zero-order valence-corrected chi connectivity index (χ0v) is 10.2. The lowest BCUT2D eigenvalue weighted by Gasteiger charge is -2.02. The molecule has 1 amide bonds.